The Morgan fingerprint density at radius 2 is 1.71 bits per heavy atom. The number of carbonyl (C=O) groups is 2. The molecule has 1 amide bonds. The van der Waals surface area contributed by atoms with Gasteiger partial charge in [0.25, 0.3) is 5.91 Å². The maximum atomic E-state index is 12.7. The lowest BCUT2D eigenvalue weighted by Gasteiger charge is -2.20. The van der Waals surface area contributed by atoms with Crippen LogP contribution in [-0.2, 0) is 27.3 Å². The predicted molar refractivity (Wildman–Crippen MR) is 115 cm³/mol. The van der Waals surface area contributed by atoms with Crippen molar-refractivity contribution in [3.8, 4) is 0 Å². The number of benzene rings is 2. The van der Waals surface area contributed by atoms with E-state index in [1.165, 1.54) is 15.9 Å². The second kappa shape index (κ2) is 10.3. The zero-order valence-corrected chi connectivity index (χ0v) is 17.9. The van der Waals surface area contributed by atoms with Crippen LogP contribution >= 0.6 is 0 Å². The molecule has 0 N–H and O–H groups in total. The van der Waals surface area contributed by atoms with Gasteiger partial charge in [-0.3, -0.25) is 4.79 Å². The second-order valence-corrected chi connectivity index (χ2v) is 7.41. The summed E-state index contributed by atoms with van der Waals surface area (Å²) in [5, 5.41) is 11.0. The molecule has 1 atom stereocenters. The molecule has 9 nitrogen and oxygen atoms in total. The molecule has 1 heterocycles. The Morgan fingerprint density at radius 3 is 2.32 bits per heavy atom. The van der Waals surface area contributed by atoms with Crippen molar-refractivity contribution in [3.63, 3.8) is 0 Å². The molecule has 0 fully saturated rings. The smallest absolute Gasteiger partial charge is 0.331 e. The summed E-state index contributed by atoms with van der Waals surface area (Å²) in [6, 6.07) is 16.7. The number of amides is 1. The number of rotatable bonds is 9. The van der Waals surface area contributed by atoms with Crippen LogP contribution < -0.4 is 4.90 Å². The van der Waals surface area contributed by atoms with Gasteiger partial charge in [0, 0.05) is 39.8 Å². The molecule has 0 bridgehead atoms. The summed E-state index contributed by atoms with van der Waals surface area (Å²) in [5.74, 6) is -0.853. The van der Waals surface area contributed by atoms with E-state index in [-0.39, 0.29) is 12.5 Å². The zero-order chi connectivity index (χ0) is 22.2. The molecule has 0 aliphatic heterocycles. The van der Waals surface area contributed by atoms with Crippen LogP contribution in [0.4, 0.5) is 5.69 Å². The summed E-state index contributed by atoms with van der Waals surface area (Å²) >= 11 is 0. The molecule has 0 spiro atoms. The normalized spacial score (nSPS) is 11.6. The van der Waals surface area contributed by atoms with Crippen LogP contribution in [0.3, 0.4) is 0 Å². The van der Waals surface area contributed by atoms with Gasteiger partial charge in [-0.2, -0.15) is 0 Å². The van der Waals surface area contributed by atoms with Gasteiger partial charge in [0.05, 0.1) is 0 Å². The van der Waals surface area contributed by atoms with Gasteiger partial charge in [-0.25, -0.2) is 9.48 Å². The van der Waals surface area contributed by atoms with E-state index in [4.69, 9.17) is 4.74 Å². The average molecular weight is 422 g/mol. The summed E-state index contributed by atoms with van der Waals surface area (Å²) in [5.41, 5.74) is 3.01. The molecule has 162 valence electrons. The highest BCUT2D eigenvalue weighted by Gasteiger charge is 2.25. The van der Waals surface area contributed by atoms with Gasteiger partial charge in [0.2, 0.25) is 0 Å². The maximum Gasteiger partial charge on any atom is 0.331 e. The molecule has 1 aromatic heterocycles. The first-order chi connectivity index (χ1) is 14.9. The van der Waals surface area contributed by atoms with Crippen molar-refractivity contribution in [2.75, 3.05) is 32.6 Å². The van der Waals surface area contributed by atoms with Crippen molar-refractivity contribution in [1.82, 2.24) is 25.1 Å². The molecule has 0 radical (unpaired) electrons. The third-order valence-electron chi connectivity index (χ3n) is 4.86. The standard InChI is InChI=1S/C22H26N6O3/c1-26(2)19-11-9-18(10-12-19)14-27(3)21(29)15-31-22(30)20(28-16-23-24-25-28)13-17-7-5-4-6-8-17/h4-12,16,20H,13-15H2,1-3H3/t20-/m0/s1. The molecule has 0 aliphatic rings. The highest BCUT2D eigenvalue weighted by molar-refractivity contribution is 5.81. The number of aromatic nitrogens is 4. The van der Waals surface area contributed by atoms with E-state index in [1.54, 1.807) is 7.05 Å². The van der Waals surface area contributed by atoms with Crippen LogP contribution in [0.2, 0.25) is 0 Å². The molecule has 9 heteroatoms. The van der Waals surface area contributed by atoms with Gasteiger partial charge in [-0.1, -0.05) is 42.5 Å². The SMILES string of the molecule is CN(Cc1ccc(N(C)C)cc1)C(=O)COC(=O)[C@H](Cc1ccccc1)n1cnnn1. The van der Waals surface area contributed by atoms with Gasteiger partial charge in [-0.05, 0) is 33.7 Å². The molecule has 2 aromatic carbocycles. The molecule has 3 rings (SSSR count). The Bertz CT molecular complexity index is 974. The van der Waals surface area contributed by atoms with Gasteiger partial charge in [0.15, 0.2) is 12.6 Å². The van der Waals surface area contributed by atoms with Gasteiger partial charge in [0.1, 0.15) is 6.33 Å². The third-order valence-corrected chi connectivity index (χ3v) is 4.86. The summed E-state index contributed by atoms with van der Waals surface area (Å²) in [4.78, 5) is 28.7. The van der Waals surface area contributed by atoms with Crippen molar-refractivity contribution in [3.05, 3.63) is 72.1 Å². The van der Waals surface area contributed by atoms with Gasteiger partial charge in [-0.15, -0.1) is 5.10 Å². The number of carbonyl (C=O) groups excluding carboxylic acids is 2. The maximum absolute atomic E-state index is 12.7. The number of likely N-dealkylation sites (N-methyl/N-ethyl adjacent to an activating group) is 1. The Morgan fingerprint density at radius 1 is 1.00 bits per heavy atom. The first-order valence-corrected chi connectivity index (χ1v) is 9.87. The highest BCUT2D eigenvalue weighted by Crippen LogP contribution is 2.16. The average Bonchev–Trinajstić information content (AvgIpc) is 3.31. The topological polar surface area (TPSA) is 93.5 Å². The lowest BCUT2D eigenvalue weighted by molar-refractivity contribution is -0.155. The zero-order valence-electron chi connectivity index (χ0n) is 17.9. The van der Waals surface area contributed by atoms with E-state index in [0.717, 1.165) is 16.8 Å². The fraction of sp³-hybridized carbons (Fsp3) is 0.318. The lowest BCUT2D eigenvalue weighted by Crippen LogP contribution is -2.33. The Kier molecular flexibility index (Phi) is 7.31. The predicted octanol–water partition coefficient (Wildman–Crippen LogP) is 1.72. The molecule has 0 aliphatic carbocycles. The van der Waals surface area contributed by atoms with Crippen LogP contribution in [0.15, 0.2) is 60.9 Å². The van der Waals surface area contributed by atoms with Crippen molar-refractivity contribution in [1.29, 1.82) is 0 Å². The van der Waals surface area contributed by atoms with E-state index in [2.05, 4.69) is 15.5 Å². The van der Waals surface area contributed by atoms with E-state index >= 15 is 0 Å². The summed E-state index contributed by atoms with van der Waals surface area (Å²) in [6.07, 6.45) is 1.72. The molecule has 0 saturated heterocycles. The highest BCUT2D eigenvalue weighted by atomic mass is 16.5. The van der Waals surface area contributed by atoms with Crippen molar-refractivity contribution < 1.29 is 14.3 Å². The van der Waals surface area contributed by atoms with Crippen molar-refractivity contribution >= 4 is 17.6 Å². The van der Waals surface area contributed by atoms with Crippen LogP contribution in [0, 0.1) is 0 Å². The van der Waals surface area contributed by atoms with Crippen LogP contribution in [0.5, 0.6) is 0 Å². The van der Waals surface area contributed by atoms with E-state index < -0.39 is 12.0 Å². The fourth-order valence-corrected chi connectivity index (χ4v) is 3.03. The van der Waals surface area contributed by atoms with Crippen LogP contribution in [0.25, 0.3) is 0 Å². The van der Waals surface area contributed by atoms with Gasteiger partial charge >= 0.3 is 5.97 Å². The summed E-state index contributed by atoms with van der Waals surface area (Å²) in [6.45, 7) is 0.0725. The minimum atomic E-state index is -0.755. The number of hydrogen-bond acceptors (Lipinski definition) is 7. The largest absolute Gasteiger partial charge is 0.454 e. The minimum absolute atomic E-state index is 0.291. The summed E-state index contributed by atoms with van der Waals surface area (Å²) < 4.78 is 6.66. The number of ether oxygens (including phenoxy) is 1. The number of nitrogens with zero attached hydrogens (tertiary/aromatic N) is 6. The number of tetrazole rings is 1. The first-order valence-electron chi connectivity index (χ1n) is 9.87. The van der Waals surface area contributed by atoms with Crippen molar-refractivity contribution in [2.45, 2.75) is 19.0 Å². The van der Waals surface area contributed by atoms with E-state index in [9.17, 15) is 9.59 Å². The fourth-order valence-electron chi connectivity index (χ4n) is 3.03. The minimum Gasteiger partial charge on any atom is -0.454 e. The second-order valence-electron chi connectivity index (χ2n) is 7.41. The third kappa shape index (κ3) is 6.11. The molecule has 0 saturated carbocycles. The first kappa shape index (κ1) is 21.9. The number of hydrogen-bond donors (Lipinski definition) is 0. The Labute approximate surface area is 181 Å². The number of esters is 1. The van der Waals surface area contributed by atoms with E-state index in [1.807, 2.05) is 73.6 Å². The van der Waals surface area contributed by atoms with E-state index in [0.29, 0.717) is 13.0 Å². The molecule has 3 aromatic rings. The molecule has 31 heavy (non-hydrogen) atoms. The van der Waals surface area contributed by atoms with Crippen LogP contribution in [0.1, 0.15) is 17.2 Å². The van der Waals surface area contributed by atoms with Crippen molar-refractivity contribution in [2.24, 2.45) is 0 Å². The number of anilines is 1. The molecular weight excluding hydrogens is 396 g/mol. The molecular formula is C22H26N6O3. The Balaban J connectivity index is 1.57. The van der Waals surface area contributed by atoms with Crippen LogP contribution in [-0.4, -0.2) is 64.7 Å². The molecule has 0 unspecified atom stereocenters. The summed E-state index contributed by atoms with van der Waals surface area (Å²) in [7, 11) is 5.62. The monoisotopic (exact) mass is 422 g/mol. The Hall–Kier alpha value is -3.75. The van der Waals surface area contributed by atoms with Gasteiger partial charge < -0.3 is 14.5 Å². The lowest BCUT2D eigenvalue weighted by atomic mass is 10.1. The quantitative estimate of drug-likeness (QED) is 0.485.